The molecule has 2 aromatic rings. The third-order valence-corrected chi connectivity index (χ3v) is 3.29. The highest BCUT2D eigenvalue weighted by molar-refractivity contribution is 9.11. The number of hydrogen-bond acceptors (Lipinski definition) is 0. The summed E-state index contributed by atoms with van der Waals surface area (Å²) in [5, 5.41) is 4.55. The number of rotatable bonds is 2. The molecule has 2 aromatic carbocycles. The van der Waals surface area contributed by atoms with Crippen LogP contribution in [0.15, 0.2) is 57.5 Å². The van der Waals surface area contributed by atoms with Crippen molar-refractivity contribution >= 4 is 43.2 Å². The molecule has 0 aromatic heterocycles. The lowest BCUT2D eigenvalue weighted by atomic mass is 10.3. The van der Waals surface area contributed by atoms with E-state index in [-0.39, 0.29) is 0 Å². The Morgan fingerprint density at radius 1 is 0.667 bits per heavy atom. The molecule has 3 heteroatoms. The molecule has 0 fully saturated rings. The minimum Gasteiger partial charge on any atom is -0.247 e. The lowest BCUT2D eigenvalue weighted by molar-refractivity contribution is 1.17. The number of benzene rings is 2. The van der Waals surface area contributed by atoms with E-state index in [0.29, 0.717) is 0 Å². The molecule has 0 saturated carbocycles. The van der Waals surface area contributed by atoms with E-state index in [2.05, 4.69) is 37.2 Å². The first-order chi connectivity index (χ1) is 7.27. The molecule has 0 aliphatic carbocycles. The van der Waals surface area contributed by atoms with E-state index in [1.807, 2.05) is 48.5 Å². The summed E-state index contributed by atoms with van der Waals surface area (Å²) in [4.78, 5) is 0. The van der Waals surface area contributed by atoms with Gasteiger partial charge in [-0.2, -0.15) is 0 Å². The molecule has 0 unspecified atom stereocenters. The summed E-state index contributed by atoms with van der Waals surface area (Å²) in [6.07, 6.45) is 0. The first-order valence-corrected chi connectivity index (χ1v) is 6.07. The Kier molecular flexibility index (Phi) is 3.44. The first kappa shape index (κ1) is 10.7. The fraction of sp³-hybridized carbons (Fsp3) is 0. The molecule has 0 aliphatic rings. The lowest BCUT2D eigenvalue weighted by Gasteiger charge is -2.06. The number of para-hydroxylation sites is 2. The van der Waals surface area contributed by atoms with Crippen LogP contribution in [0.5, 0.6) is 0 Å². The van der Waals surface area contributed by atoms with Gasteiger partial charge in [-0.25, -0.2) is 5.32 Å². The predicted octanol–water partition coefficient (Wildman–Crippen LogP) is 4.78. The normalized spacial score (nSPS) is 10.0. The third kappa shape index (κ3) is 2.61. The van der Waals surface area contributed by atoms with Gasteiger partial charge in [0.15, 0.2) is 0 Å². The maximum Gasteiger partial charge on any atom is 0.0779 e. The Hall–Kier alpha value is -0.800. The fourth-order valence-electron chi connectivity index (χ4n) is 1.21. The van der Waals surface area contributed by atoms with Crippen molar-refractivity contribution in [3.05, 3.63) is 57.5 Å². The Balaban J connectivity index is 2.30. The van der Waals surface area contributed by atoms with E-state index >= 15 is 0 Å². The first-order valence-electron chi connectivity index (χ1n) is 4.48. The zero-order valence-corrected chi connectivity index (χ0v) is 11.0. The van der Waals surface area contributed by atoms with Crippen molar-refractivity contribution in [2.45, 2.75) is 0 Å². The average Bonchev–Trinajstić information content (AvgIpc) is 2.24. The zero-order valence-electron chi connectivity index (χ0n) is 7.82. The molecule has 1 radical (unpaired) electrons. The summed E-state index contributed by atoms with van der Waals surface area (Å²) in [6, 6.07) is 15.8. The van der Waals surface area contributed by atoms with Gasteiger partial charge in [-0.15, -0.1) is 0 Å². The van der Waals surface area contributed by atoms with Crippen molar-refractivity contribution < 1.29 is 0 Å². The van der Waals surface area contributed by atoms with Gasteiger partial charge in [-0.3, -0.25) is 0 Å². The van der Waals surface area contributed by atoms with Crippen LogP contribution in [-0.2, 0) is 0 Å². The van der Waals surface area contributed by atoms with Crippen LogP contribution in [0.3, 0.4) is 0 Å². The van der Waals surface area contributed by atoms with E-state index < -0.39 is 0 Å². The molecular formula is C12H8Br2N. The van der Waals surface area contributed by atoms with Crippen LogP contribution in [0.1, 0.15) is 0 Å². The molecule has 0 saturated heterocycles. The third-order valence-electron chi connectivity index (χ3n) is 1.95. The van der Waals surface area contributed by atoms with Crippen LogP contribution < -0.4 is 5.32 Å². The number of nitrogens with zero attached hydrogens (tertiary/aromatic N) is 1. The van der Waals surface area contributed by atoms with Gasteiger partial charge in [0.05, 0.1) is 11.4 Å². The van der Waals surface area contributed by atoms with E-state index in [1.54, 1.807) is 0 Å². The number of hydrogen-bond donors (Lipinski definition) is 0. The molecule has 75 valence electrons. The molecule has 0 aliphatic heterocycles. The van der Waals surface area contributed by atoms with Crippen molar-refractivity contribution in [3.8, 4) is 0 Å². The van der Waals surface area contributed by atoms with Crippen LogP contribution in [0, 0.1) is 0 Å². The Labute approximate surface area is 106 Å². The minimum atomic E-state index is 0.935. The fourth-order valence-corrected chi connectivity index (χ4v) is 1.96. The van der Waals surface area contributed by atoms with E-state index in [1.165, 1.54) is 0 Å². The molecule has 0 spiro atoms. The van der Waals surface area contributed by atoms with Crippen LogP contribution in [0.25, 0.3) is 0 Å². The molecule has 1 nitrogen and oxygen atoms in total. The molecular weight excluding hydrogens is 318 g/mol. The zero-order chi connectivity index (χ0) is 10.7. The van der Waals surface area contributed by atoms with Gasteiger partial charge in [-0.1, -0.05) is 24.3 Å². The van der Waals surface area contributed by atoms with Crippen LogP contribution in [0.4, 0.5) is 11.4 Å². The highest BCUT2D eigenvalue weighted by Gasteiger charge is 2.03. The van der Waals surface area contributed by atoms with E-state index in [4.69, 9.17) is 0 Å². The van der Waals surface area contributed by atoms with Gasteiger partial charge < -0.3 is 0 Å². The number of halogens is 2. The summed E-state index contributed by atoms with van der Waals surface area (Å²) < 4.78 is 2.00. The quantitative estimate of drug-likeness (QED) is 0.754. The summed E-state index contributed by atoms with van der Waals surface area (Å²) >= 11 is 6.94. The molecule has 0 atom stereocenters. The molecule has 0 N–H and O–H groups in total. The van der Waals surface area contributed by atoms with Gasteiger partial charge in [0.2, 0.25) is 0 Å². The van der Waals surface area contributed by atoms with Crippen molar-refractivity contribution in [1.29, 1.82) is 0 Å². The van der Waals surface area contributed by atoms with Gasteiger partial charge in [-0.05, 0) is 56.1 Å². The summed E-state index contributed by atoms with van der Waals surface area (Å²) in [6.45, 7) is 0. The summed E-state index contributed by atoms with van der Waals surface area (Å²) in [5.41, 5.74) is 1.87. The topological polar surface area (TPSA) is 14.1 Å². The van der Waals surface area contributed by atoms with Crippen LogP contribution >= 0.6 is 31.9 Å². The largest absolute Gasteiger partial charge is 0.247 e. The Morgan fingerprint density at radius 2 is 1.07 bits per heavy atom. The Morgan fingerprint density at radius 3 is 1.47 bits per heavy atom. The van der Waals surface area contributed by atoms with Gasteiger partial charge in [0.1, 0.15) is 0 Å². The van der Waals surface area contributed by atoms with Crippen molar-refractivity contribution in [2.75, 3.05) is 0 Å². The average molecular weight is 326 g/mol. The monoisotopic (exact) mass is 324 g/mol. The summed E-state index contributed by atoms with van der Waals surface area (Å²) in [5.74, 6) is 0. The highest BCUT2D eigenvalue weighted by atomic mass is 79.9. The summed E-state index contributed by atoms with van der Waals surface area (Å²) in [7, 11) is 0. The van der Waals surface area contributed by atoms with Gasteiger partial charge in [0, 0.05) is 8.95 Å². The van der Waals surface area contributed by atoms with Crippen molar-refractivity contribution in [1.82, 2.24) is 5.32 Å². The lowest BCUT2D eigenvalue weighted by Crippen LogP contribution is -1.90. The second-order valence-corrected chi connectivity index (χ2v) is 4.72. The SMILES string of the molecule is Brc1ccccc1[N]c1ccccc1Br. The molecule has 2 rings (SSSR count). The molecule has 0 amide bonds. The molecule has 0 heterocycles. The second-order valence-electron chi connectivity index (χ2n) is 3.01. The van der Waals surface area contributed by atoms with Gasteiger partial charge >= 0.3 is 0 Å². The maximum atomic E-state index is 4.55. The van der Waals surface area contributed by atoms with E-state index in [0.717, 1.165) is 20.3 Å². The minimum absolute atomic E-state index is 0.935. The van der Waals surface area contributed by atoms with E-state index in [9.17, 15) is 0 Å². The highest BCUT2D eigenvalue weighted by Crippen LogP contribution is 2.29. The molecule has 0 bridgehead atoms. The van der Waals surface area contributed by atoms with Crippen LogP contribution in [0.2, 0.25) is 0 Å². The smallest absolute Gasteiger partial charge is 0.0779 e. The molecule has 15 heavy (non-hydrogen) atoms. The van der Waals surface area contributed by atoms with Crippen molar-refractivity contribution in [2.24, 2.45) is 0 Å². The standard InChI is InChI=1S/C12H8Br2N/c13-9-5-1-3-7-11(9)15-12-8-4-2-6-10(12)14/h1-8H. The Bertz CT molecular complexity index is 425. The second kappa shape index (κ2) is 4.81. The predicted molar refractivity (Wildman–Crippen MR) is 69.7 cm³/mol. The van der Waals surface area contributed by atoms with Gasteiger partial charge in [0.25, 0.3) is 0 Å². The maximum absolute atomic E-state index is 4.55. The van der Waals surface area contributed by atoms with Crippen molar-refractivity contribution in [3.63, 3.8) is 0 Å². The van der Waals surface area contributed by atoms with Crippen LogP contribution in [-0.4, -0.2) is 0 Å².